The molecule has 4 rings (SSSR count). The molecule has 8 heteroatoms. The third-order valence-electron chi connectivity index (χ3n) is 4.80. The Morgan fingerprint density at radius 1 is 1.21 bits per heavy atom. The van der Waals surface area contributed by atoms with Crippen LogP contribution < -0.4 is 0 Å². The third kappa shape index (κ3) is 2.55. The van der Waals surface area contributed by atoms with Crippen molar-refractivity contribution < 1.29 is 18.3 Å². The topological polar surface area (TPSA) is 55.4 Å². The Morgan fingerprint density at radius 3 is 2.54 bits per heavy atom. The first-order chi connectivity index (χ1) is 13.3. The molecule has 3 heterocycles. The van der Waals surface area contributed by atoms with Gasteiger partial charge in [-0.1, -0.05) is 12.8 Å². The van der Waals surface area contributed by atoms with Crippen LogP contribution in [0.5, 0.6) is 0 Å². The summed E-state index contributed by atoms with van der Waals surface area (Å²) in [5.41, 5.74) is -1.23. The summed E-state index contributed by atoms with van der Waals surface area (Å²) in [6, 6.07) is 6.70. The minimum Gasteiger partial charge on any atom is -0.365 e. The van der Waals surface area contributed by atoms with Crippen LogP contribution in [0.3, 0.4) is 0 Å². The Morgan fingerprint density at radius 2 is 1.93 bits per heavy atom. The van der Waals surface area contributed by atoms with Gasteiger partial charge in [-0.15, -0.1) is 6.42 Å². The van der Waals surface area contributed by atoms with Crippen molar-refractivity contribution in [3.05, 3.63) is 65.9 Å². The molecule has 5 nitrogen and oxygen atoms in total. The van der Waals surface area contributed by atoms with Crippen molar-refractivity contribution in [3.63, 3.8) is 0 Å². The molecule has 1 unspecified atom stereocenters. The van der Waals surface area contributed by atoms with Gasteiger partial charge in [-0.2, -0.15) is 13.2 Å². The van der Waals surface area contributed by atoms with Gasteiger partial charge < -0.3 is 9.67 Å². The molecule has 0 bridgehead atoms. The van der Waals surface area contributed by atoms with Crippen LogP contribution in [0.2, 0.25) is 0 Å². The predicted octanol–water partition coefficient (Wildman–Crippen LogP) is 3.79. The van der Waals surface area contributed by atoms with E-state index < -0.39 is 17.5 Å². The van der Waals surface area contributed by atoms with Gasteiger partial charge in [0.2, 0.25) is 0 Å². The molecule has 0 aliphatic carbocycles. The number of halogens is 3. The predicted molar refractivity (Wildman–Crippen MR) is 97.4 cm³/mol. The van der Waals surface area contributed by atoms with Gasteiger partial charge in [0.15, 0.2) is 11.4 Å². The Bertz CT molecular complexity index is 1220. The average Bonchev–Trinajstić information content (AvgIpc) is 3.35. The van der Waals surface area contributed by atoms with E-state index in [2.05, 4.69) is 15.9 Å². The molecule has 142 valence electrons. The minimum atomic E-state index is -4.52. The van der Waals surface area contributed by atoms with E-state index in [4.69, 9.17) is 6.42 Å². The molecule has 0 aliphatic heterocycles. The van der Waals surface area contributed by atoms with Crippen molar-refractivity contribution >= 4 is 16.7 Å². The molecule has 0 saturated heterocycles. The van der Waals surface area contributed by atoms with Gasteiger partial charge in [-0.05, 0) is 36.8 Å². The number of nitrogens with zero attached hydrogens (tertiary/aromatic N) is 4. The zero-order valence-corrected chi connectivity index (χ0v) is 14.8. The van der Waals surface area contributed by atoms with E-state index in [0.29, 0.717) is 16.9 Å². The first-order valence-corrected chi connectivity index (χ1v) is 8.51. The van der Waals surface area contributed by atoms with Gasteiger partial charge >= 0.3 is 6.18 Å². The van der Waals surface area contributed by atoms with Gasteiger partial charge in [-0.3, -0.25) is 4.40 Å². The molecule has 0 spiro atoms. The normalized spacial score (nSPS) is 14.3. The van der Waals surface area contributed by atoms with Crippen molar-refractivity contribution in [2.75, 3.05) is 0 Å². The lowest BCUT2D eigenvalue weighted by molar-refractivity contribution is -0.137. The molecule has 1 aromatic carbocycles. The van der Waals surface area contributed by atoms with E-state index in [-0.39, 0.29) is 17.6 Å². The van der Waals surface area contributed by atoms with E-state index in [1.54, 1.807) is 40.4 Å². The molecule has 0 aliphatic rings. The molecule has 0 radical (unpaired) electrons. The fraction of sp³-hybridized carbons (Fsp3) is 0.200. The van der Waals surface area contributed by atoms with Crippen molar-refractivity contribution in [1.82, 2.24) is 18.9 Å². The van der Waals surface area contributed by atoms with Gasteiger partial charge in [0.25, 0.3) is 0 Å². The summed E-state index contributed by atoms with van der Waals surface area (Å²) in [4.78, 5) is 8.70. The average molecular weight is 384 g/mol. The number of hydrogen-bond acceptors (Lipinski definition) is 3. The van der Waals surface area contributed by atoms with Crippen molar-refractivity contribution in [1.29, 1.82) is 0 Å². The van der Waals surface area contributed by atoms with Crippen LogP contribution >= 0.6 is 0 Å². The van der Waals surface area contributed by atoms with Crippen molar-refractivity contribution in [2.45, 2.75) is 25.2 Å². The zero-order valence-electron chi connectivity index (χ0n) is 14.8. The van der Waals surface area contributed by atoms with Crippen molar-refractivity contribution in [2.24, 2.45) is 0 Å². The van der Waals surface area contributed by atoms with E-state index >= 15 is 0 Å². The van der Waals surface area contributed by atoms with Crippen LogP contribution in [0.15, 0.2) is 48.9 Å². The second kappa shape index (κ2) is 6.11. The van der Waals surface area contributed by atoms with Crippen LogP contribution in [0.25, 0.3) is 16.7 Å². The summed E-state index contributed by atoms with van der Waals surface area (Å²) in [7, 11) is 0. The number of benzene rings is 1. The number of aliphatic hydroxyl groups is 1. The van der Waals surface area contributed by atoms with Crippen LogP contribution in [0.1, 0.15) is 30.3 Å². The second-order valence-corrected chi connectivity index (χ2v) is 6.37. The highest BCUT2D eigenvalue weighted by Crippen LogP contribution is 2.34. The summed E-state index contributed by atoms with van der Waals surface area (Å²) in [5.74, 6) is 2.48. The summed E-state index contributed by atoms with van der Waals surface area (Å²) in [6.45, 7) is 1.75. The lowest BCUT2D eigenvalue weighted by atomic mass is 10.1. The molecular weight excluding hydrogens is 369 g/mol. The van der Waals surface area contributed by atoms with E-state index in [1.165, 1.54) is 12.3 Å². The standard InChI is InChI=1S/C20H15F3N4O/c1-3-14-12-24-18-17(19(28,4-2)26-9-5-6-10-26)25-15-11-13(20(21,22)23)7-8-16(15)27(14)18/h1,5-12,28H,4H2,2H3. The summed E-state index contributed by atoms with van der Waals surface area (Å²) < 4.78 is 42.7. The van der Waals surface area contributed by atoms with Gasteiger partial charge in [-0.25, -0.2) is 9.97 Å². The quantitative estimate of drug-likeness (QED) is 0.547. The van der Waals surface area contributed by atoms with Crippen LogP contribution in [-0.4, -0.2) is 24.0 Å². The molecule has 0 saturated carbocycles. The van der Waals surface area contributed by atoms with Gasteiger partial charge in [0.1, 0.15) is 11.4 Å². The number of rotatable bonds is 3. The molecule has 0 fully saturated rings. The number of alkyl halides is 3. The lowest BCUT2D eigenvalue weighted by Gasteiger charge is -2.29. The summed E-state index contributed by atoms with van der Waals surface area (Å²) >= 11 is 0. The Kier molecular flexibility index (Phi) is 3.94. The second-order valence-electron chi connectivity index (χ2n) is 6.37. The van der Waals surface area contributed by atoms with Gasteiger partial charge in [0, 0.05) is 12.4 Å². The molecule has 3 aromatic heterocycles. The highest BCUT2D eigenvalue weighted by Gasteiger charge is 2.35. The maximum absolute atomic E-state index is 13.2. The van der Waals surface area contributed by atoms with E-state index in [9.17, 15) is 18.3 Å². The number of aromatic nitrogens is 4. The maximum atomic E-state index is 13.2. The van der Waals surface area contributed by atoms with Crippen LogP contribution in [-0.2, 0) is 11.9 Å². The summed E-state index contributed by atoms with van der Waals surface area (Å²) in [6.07, 6.45) is 6.00. The molecular formula is C20H15F3N4O. The molecule has 1 N–H and O–H groups in total. The van der Waals surface area contributed by atoms with Gasteiger partial charge in [0.05, 0.1) is 22.8 Å². The molecule has 28 heavy (non-hydrogen) atoms. The van der Waals surface area contributed by atoms with E-state index in [1.807, 2.05) is 0 Å². The highest BCUT2D eigenvalue weighted by molar-refractivity contribution is 5.80. The Hall–Kier alpha value is -3.31. The number of terminal acetylenes is 1. The van der Waals surface area contributed by atoms with Crippen LogP contribution in [0, 0.1) is 12.3 Å². The summed E-state index contributed by atoms with van der Waals surface area (Å²) in [5, 5.41) is 11.4. The monoisotopic (exact) mass is 384 g/mol. The first kappa shape index (κ1) is 18.1. The first-order valence-electron chi connectivity index (χ1n) is 8.51. The van der Waals surface area contributed by atoms with Crippen LogP contribution in [0.4, 0.5) is 13.2 Å². The maximum Gasteiger partial charge on any atom is 0.416 e. The fourth-order valence-electron chi connectivity index (χ4n) is 3.34. The number of fused-ring (bicyclic) bond motifs is 3. The smallest absolute Gasteiger partial charge is 0.365 e. The number of hydrogen-bond donors (Lipinski definition) is 1. The van der Waals surface area contributed by atoms with Crippen molar-refractivity contribution in [3.8, 4) is 12.3 Å². The fourth-order valence-corrected chi connectivity index (χ4v) is 3.34. The highest BCUT2D eigenvalue weighted by atomic mass is 19.4. The third-order valence-corrected chi connectivity index (χ3v) is 4.80. The lowest BCUT2D eigenvalue weighted by Crippen LogP contribution is -2.35. The van der Waals surface area contributed by atoms with E-state index in [0.717, 1.165) is 12.1 Å². The Balaban J connectivity index is 2.13. The minimum absolute atomic E-state index is 0.0610. The Labute approximate surface area is 158 Å². The zero-order chi connectivity index (χ0) is 20.1. The molecule has 0 amide bonds. The number of imidazole rings is 1. The molecule has 4 aromatic rings. The largest absolute Gasteiger partial charge is 0.416 e. The SMILES string of the molecule is C#Cc1cnc2c(C(O)(CC)n3cccc3)nc3cc(C(F)(F)F)ccc3n12. The molecule has 1 atom stereocenters.